The maximum Gasteiger partial charge on any atom is 0.243 e. The molecule has 1 saturated heterocycles. The van der Waals surface area contributed by atoms with Crippen LogP contribution in [-0.2, 0) is 10.0 Å². The van der Waals surface area contributed by atoms with Crippen molar-refractivity contribution in [1.82, 2.24) is 14.3 Å². The fourth-order valence-corrected chi connectivity index (χ4v) is 5.40. The molecule has 0 spiro atoms. The van der Waals surface area contributed by atoms with E-state index in [0.29, 0.717) is 25.5 Å². The normalized spacial score (nSPS) is 17.4. The predicted molar refractivity (Wildman–Crippen MR) is 120 cm³/mol. The second-order valence-corrected chi connectivity index (χ2v) is 9.91. The number of sulfonamides is 1. The van der Waals surface area contributed by atoms with Crippen LogP contribution in [0, 0.1) is 12.7 Å². The quantitative estimate of drug-likeness (QED) is 0.547. The van der Waals surface area contributed by atoms with Crippen molar-refractivity contribution in [1.29, 1.82) is 0 Å². The lowest BCUT2D eigenvalue weighted by molar-refractivity contribution is 0.305. The van der Waals surface area contributed by atoms with Gasteiger partial charge >= 0.3 is 0 Å². The molecule has 3 aromatic rings. The van der Waals surface area contributed by atoms with Gasteiger partial charge in [0.25, 0.3) is 0 Å². The van der Waals surface area contributed by atoms with Crippen LogP contribution < -0.4 is 9.64 Å². The van der Waals surface area contributed by atoms with E-state index in [1.165, 1.54) is 22.8 Å². The third-order valence-corrected chi connectivity index (χ3v) is 7.58. The number of ether oxygens (including phenoxy) is 1. The molecule has 0 amide bonds. The number of benzene rings is 2. The van der Waals surface area contributed by atoms with E-state index in [9.17, 15) is 12.8 Å². The number of piperazine rings is 1. The number of rotatable bonds is 5. The van der Waals surface area contributed by atoms with E-state index in [4.69, 9.17) is 16.3 Å². The summed E-state index contributed by atoms with van der Waals surface area (Å²) in [5, 5.41) is 0.133. The summed E-state index contributed by atoms with van der Waals surface area (Å²) < 4.78 is 46.6. The number of aromatic nitrogens is 2. The maximum atomic E-state index is 13.3. The van der Waals surface area contributed by atoms with Gasteiger partial charge in [-0.1, -0.05) is 29.3 Å². The molecule has 1 aliphatic rings. The first-order valence-electron chi connectivity index (χ1n) is 10.0. The molecule has 4 rings (SSSR count). The monoisotopic (exact) mass is 476 g/mol. The summed E-state index contributed by atoms with van der Waals surface area (Å²) in [6.45, 7) is 5.03. The lowest BCUT2D eigenvalue weighted by Gasteiger charge is -2.39. The predicted octanol–water partition coefficient (Wildman–Crippen LogP) is 4.27. The zero-order chi connectivity index (χ0) is 22.9. The molecule has 0 bridgehead atoms. The summed E-state index contributed by atoms with van der Waals surface area (Å²) in [6.07, 6.45) is 1.36. The van der Waals surface area contributed by atoms with Crippen LogP contribution in [0.1, 0.15) is 12.5 Å². The zero-order valence-corrected chi connectivity index (χ0v) is 19.1. The van der Waals surface area contributed by atoms with Crippen LogP contribution in [0.5, 0.6) is 11.6 Å². The standard InChI is InChI=1S/C22H22ClFN4O3S/c1-15-3-6-18(7-4-15)32(29,30)28-10-9-27(13-16(28)2)21-12-22(26-14-25-21)31-20-8-5-17(24)11-19(20)23/h3-8,11-12,14,16H,9-10,13H2,1-2H3/t16-/m1/s1. The van der Waals surface area contributed by atoms with E-state index in [2.05, 4.69) is 9.97 Å². The molecule has 1 atom stereocenters. The number of hydrogen-bond acceptors (Lipinski definition) is 6. The molecule has 10 heteroatoms. The molecule has 1 aromatic heterocycles. The van der Waals surface area contributed by atoms with E-state index in [0.717, 1.165) is 11.6 Å². The zero-order valence-electron chi connectivity index (χ0n) is 17.6. The van der Waals surface area contributed by atoms with Gasteiger partial charge in [0.15, 0.2) is 0 Å². The molecule has 0 radical (unpaired) electrons. The van der Waals surface area contributed by atoms with Gasteiger partial charge < -0.3 is 9.64 Å². The topological polar surface area (TPSA) is 75.6 Å². The largest absolute Gasteiger partial charge is 0.437 e. The van der Waals surface area contributed by atoms with E-state index < -0.39 is 15.8 Å². The summed E-state index contributed by atoms with van der Waals surface area (Å²) in [5.74, 6) is 0.677. The average Bonchev–Trinajstić information content (AvgIpc) is 2.76. The van der Waals surface area contributed by atoms with Crippen molar-refractivity contribution in [3.63, 3.8) is 0 Å². The number of anilines is 1. The summed E-state index contributed by atoms with van der Waals surface area (Å²) in [7, 11) is -3.59. The van der Waals surface area contributed by atoms with Crippen molar-refractivity contribution in [2.24, 2.45) is 0 Å². The molecule has 168 valence electrons. The lowest BCUT2D eigenvalue weighted by atomic mass is 10.2. The van der Waals surface area contributed by atoms with Crippen LogP contribution in [0.2, 0.25) is 5.02 Å². The second-order valence-electron chi connectivity index (χ2n) is 7.62. The highest BCUT2D eigenvalue weighted by Gasteiger charge is 2.34. The Balaban J connectivity index is 1.49. The van der Waals surface area contributed by atoms with E-state index in [1.807, 2.05) is 18.7 Å². The Morgan fingerprint density at radius 1 is 1.09 bits per heavy atom. The Morgan fingerprint density at radius 2 is 1.84 bits per heavy atom. The van der Waals surface area contributed by atoms with Crippen molar-refractivity contribution < 1.29 is 17.5 Å². The Kier molecular flexibility index (Phi) is 6.32. The minimum Gasteiger partial charge on any atom is -0.437 e. The van der Waals surface area contributed by atoms with Gasteiger partial charge in [-0.25, -0.2) is 22.8 Å². The highest BCUT2D eigenvalue weighted by molar-refractivity contribution is 7.89. The van der Waals surface area contributed by atoms with Gasteiger partial charge in [-0.2, -0.15) is 4.31 Å². The molecule has 0 unspecified atom stereocenters. The Labute approximate surface area is 191 Å². The van der Waals surface area contributed by atoms with E-state index >= 15 is 0 Å². The highest BCUT2D eigenvalue weighted by Crippen LogP contribution is 2.30. The summed E-state index contributed by atoms with van der Waals surface area (Å²) >= 11 is 6.02. The van der Waals surface area contributed by atoms with Gasteiger partial charge in [-0.05, 0) is 44.2 Å². The van der Waals surface area contributed by atoms with Gasteiger partial charge in [0.2, 0.25) is 15.9 Å². The van der Waals surface area contributed by atoms with E-state index in [-0.39, 0.29) is 27.6 Å². The first-order valence-corrected chi connectivity index (χ1v) is 11.8. The third-order valence-electron chi connectivity index (χ3n) is 5.25. The fraction of sp³-hybridized carbons (Fsp3) is 0.273. The molecule has 1 aliphatic heterocycles. The molecule has 0 saturated carbocycles. The first-order chi connectivity index (χ1) is 15.2. The molecule has 1 fully saturated rings. The van der Waals surface area contributed by atoms with Gasteiger partial charge in [-0.15, -0.1) is 0 Å². The molecular formula is C22H22ClFN4O3S. The SMILES string of the molecule is Cc1ccc(S(=O)(=O)N2CCN(c3cc(Oc4ccc(F)cc4Cl)ncn3)C[C@H]2C)cc1. The van der Waals surface area contributed by atoms with Gasteiger partial charge in [0.05, 0.1) is 9.92 Å². The van der Waals surface area contributed by atoms with Crippen molar-refractivity contribution in [2.45, 2.75) is 24.8 Å². The molecular weight excluding hydrogens is 455 g/mol. The molecule has 7 nitrogen and oxygen atoms in total. The van der Waals surface area contributed by atoms with Crippen molar-refractivity contribution in [3.8, 4) is 11.6 Å². The van der Waals surface area contributed by atoms with Crippen molar-refractivity contribution in [2.75, 3.05) is 24.5 Å². The van der Waals surface area contributed by atoms with Gasteiger partial charge in [0, 0.05) is 31.7 Å². The number of hydrogen-bond donors (Lipinski definition) is 0. The molecule has 32 heavy (non-hydrogen) atoms. The van der Waals surface area contributed by atoms with Crippen molar-refractivity contribution in [3.05, 3.63) is 71.3 Å². The second kappa shape index (κ2) is 9.01. The van der Waals surface area contributed by atoms with Crippen LogP contribution in [0.25, 0.3) is 0 Å². The smallest absolute Gasteiger partial charge is 0.243 e. The van der Waals surface area contributed by atoms with Gasteiger partial charge in [0.1, 0.15) is 23.7 Å². The Bertz CT molecular complexity index is 1220. The summed E-state index contributed by atoms with van der Waals surface area (Å²) in [6, 6.07) is 12.1. The van der Waals surface area contributed by atoms with Crippen LogP contribution in [0.15, 0.2) is 59.8 Å². The maximum absolute atomic E-state index is 13.3. The number of halogens is 2. The van der Waals surface area contributed by atoms with Crippen molar-refractivity contribution >= 4 is 27.4 Å². The van der Waals surface area contributed by atoms with Gasteiger partial charge in [-0.3, -0.25) is 0 Å². The molecule has 0 N–H and O–H groups in total. The Hall–Kier alpha value is -2.75. The van der Waals surface area contributed by atoms with E-state index in [1.54, 1.807) is 30.3 Å². The minimum atomic E-state index is -3.59. The highest BCUT2D eigenvalue weighted by atomic mass is 35.5. The Morgan fingerprint density at radius 3 is 2.53 bits per heavy atom. The third kappa shape index (κ3) is 4.69. The van der Waals surface area contributed by atoms with Crippen LogP contribution >= 0.6 is 11.6 Å². The minimum absolute atomic E-state index is 0.133. The fourth-order valence-electron chi connectivity index (χ4n) is 3.58. The number of nitrogens with zero attached hydrogens (tertiary/aromatic N) is 4. The molecule has 2 heterocycles. The molecule has 2 aromatic carbocycles. The lowest BCUT2D eigenvalue weighted by Crippen LogP contribution is -2.54. The molecule has 0 aliphatic carbocycles. The first kappa shape index (κ1) is 22.4. The van der Waals surface area contributed by atoms with Crippen LogP contribution in [-0.4, -0.2) is 48.4 Å². The van der Waals surface area contributed by atoms with Crippen LogP contribution in [0.3, 0.4) is 0 Å². The average molecular weight is 477 g/mol. The summed E-state index contributed by atoms with van der Waals surface area (Å²) in [5.41, 5.74) is 1.01. The summed E-state index contributed by atoms with van der Waals surface area (Å²) in [4.78, 5) is 10.7. The van der Waals surface area contributed by atoms with Crippen LogP contribution in [0.4, 0.5) is 10.2 Å². The number of aryl methyl sites for hydroxylation is 1.